The van der Waals surface area contributed by atoms with E-state index in [0.29, 0.717) is 18.1 Å². The first-order valence-electron chi connectivity index (χ1n) is 7.15. The molecule has 1 aromatic heterocycles. The molecule has 2 aromatic rings. The Labute approximate surface area is 125 Å². The number of nitrogens with one attached hydrogen (secondary N) is 1. The van der Waals surface area contributed by atoms with Crippen molar-refractivity contribution < 1.29 is 9.26 Å². The fourth-order valence-corrected chi connectivity index (χ4v) is 2.04. The van der Waals surface area contributed by atoms with Crippen LogP contribution in [0, 0.1) is 0 Å². The van der Waals surface area contributed by atoms with E-state index in [1.807, 2.05) is 30.3 Å². The second-order valence-electron chi connectivity index (χ2n) is 6.00. The highest BCUT2D eigenvalue weighted by atomic mass is 16.5. The van der Waals surface area contributed by atoms with Crippen LogP contribution in [0.3, 0.4) is 0 Å². The van der Waals surface area contributed by atoms with E-state index in [2.05, 4.69) is 36.2 Å². The molecule has 1 heterocycles. The Kier molecular flexibility index (Phi) is 5.09. The molecule has 1 atom stereocenters. The van der Waals surface area contributed by atoms with Crippen LogP contribution in [0.15, 0.2) is 34.9 Å². The molecule has 1 N–H and O–H groups in total. The Morgan fingerprint density at radius 3 is 2.57 bits per heavy atom. The highest BCUT2D eigenvalue weighted by Crippen LogP contribution is 2.22. The maximum atomic E-state index is 5.49. The lowest BCUT2D eigenvalue weighted by Crippen LogP contribution is -2.37. The van der Waals surface area contributed by atoms with Gasteiger partial charge >= 0.3 is 0 Å². The normalized spacial score (nSPS) is 13.3. The third-order valence-electron chi connectivity index (χ3n) is 3.05. The van der Waals surface area contributed by atoms with Gasteiger partial charge in [0.15, 0.2) is 0 Å². The first kappa shape index (κ1) is 15.7. The maximum Gasteiger partial charge on any atom is 0.228 e. The number of hydrogen-bond acceptors (Lipinski definition) is 5. The van der Waals surface area contributed by atoms with Crippen LogP contribution in [0.25, 0.3) is 0 Å². The summed E-state index contributed by atoms with van der Waals surface area (Å²) in [5.41, 5.74) is 1.10. The molecule has 0 saturated heterocycles. The van der Waals surface area contributed by atoms with Gasteiger partial charge in [0, 0.05) is 25.6 Å². The molecule has 1 unspecified atom stereocenters. The summed E-state index contributed by atoms with van der Waals surface area (Å²) in [7, 11) is 1.65. The smallest absolute Gasteiger partial charge is 0.228 e. The van der Waals surface area contributed by atoms with Crippen molar-refractivity contribution in [3.05, 3.63) is 47.6 Å². The van der Waals surface area contributed by atoms with Gasteiger partial charge in [0.25, 0.3) is 0 Å². The minimum absolute atomic E-state index is 0.0853. The van der Waals surface area contributed by atoms with E-state index < -0.39 is 0 Å². The van der Waals surface area contributed by atoms with Crippen LogP contribution in [0.5, 0.6) is 0 Å². The van der Waals surface area contributed by atoms with E-state index in [1.165, 1.54) is 0 Å². The summed E-state index contributed by atoms with van der Waals surface area (Å²) in [4.78, 5) is 4.43. The first-order chi connectivity index (χ1) is 9.99. The fraction of sp³-hybridized carbons (Fsp3) is 0.500. The summed E-state index contributed by atoms with van der Waals surface area (Å²) in [6.45, 7) is 7.18. The van der Waals surface area contributed by atoms with E-state index in [0.717, 1.165) is 12.1 Å². The number of hydrogen-bond donors (Lipinski definition) is 1. The summed E-state index contributed by atoms with van der Waals surface area (Å²) in [6.07, 6.45) is 0.412. The Bertz CT molecular complexity index is 546. The largest absolute Gasteiger partial charge is 0.369 e. The predicted molar refractivity (Wildman–Crippen MR) is 81.1 cm³/mol. The second kappa shape index (κ2) is 6.83. The van der Waals surface area contributed by atoms with Crippen LogP contribution in [-0.2, 0) is 11.2 Å². The number of benzene rings is 1. The Balaban J connectivity index is 2.01. The van der Waals surface area contributed by atoms with Gasteiger partial charge in [-0.3, -0.25) is 0 Å². The van der Waals surface area contributed by atoms with Crippen molar-refractivity contribution >= 4 is 0 Å². The van der Waals surface area contributed by atoms with Crippen LogP contribution < -0.4 is 5.32 Å². The van der Waals surface area contributed by atoms with Crippen LogP contribution >= 0.6 is 0 Å². The molecule has 114 valence electrons. The van der Waals surface area contributed by atoms with Gasteiger partial charge in [0.2, 0.25) is 11.7 Å². The van der Waals surface area contributed by atoms with Crippen molar-refractivity contribution in [2.45, 2.75) is 38.8 Å². The number of ether oxygens (including phenoxy) is 1. The molecule has 0 saturated carbocycles. The van der Waals surface area contributed by atoms with Crippen molar-refractivity contribution in [3.8, 4) is 0 Å². The van der Waals surface area contributed by atoms with Crippen molar-refractivity contribution in [1.82, 2.24) is 15.5 Å². The molecule has 0 radical (unpaired) electrons. The van der Waals surface area contributed by atoms with Crippen molar-refractivity contribution in [2.24, 2.45) is 0 Å². The van der Waals surface area contributed by atoms with Gasteiger partial charge in [0.05, 0.1) is 0 Å². The molecule has 0 aliphatic carbocycles. The molecule has 1 aromatic carbocycles. The van der Waals surface area contributed by atoms with Gasteiger partial charge in [-0.25, -0.2) is 0 Å². The lowest BCUT2D eigenvalue weighted by atomic mass is 10.1. The average molecular weight is 289 g/mol. The molecule has 0 aliphatic heterocycles. The first-order valence-corrected chi connectivity index (χ1v) is 7.15. The number of aromatic nitrogens is 2. The van der Waals surface area contributed by atoms with E-state index >= 15 is 0 Å². The maximum absolute atomic E-state index is 5.49. The molecule has 0 aliphatic rings. The van der Waals surface area contributed by atoms with E-state index in [-0.39, 0.29) is 11.6 Å². The van der Waals surface area contributed by atoms with Crippen molar-refractivity contribution in [2.75, 3.05) is 13.7 Å². The quantitative estimate of drug-likeness (QED) is 0.886. The number of rotatable bonds is 6. The average Bonchev–Trinajstić information content (AvgIpc) is 2.88. The Hall–Kier alpha value is -1.72. The molecule has 2 rings (SSSR count). The molecule has 0 bridgehead atoms. The van der Waals surface area contributed by atoms with Gasteiger partial charge in [-0.05, 0) is 26.3 Å². The summed E-state index contributed by atoms with van der Waals surface area (Å²) in [6, 6.07) is 9.89. The summed E-state index contributed by atoms with van der Waals surface area (Å²) in [5.74, 6) is 1.19. The third kappa shape index (κ3) is 4.65. The van der Waals surface area contributed by atoms with E-state index in [9.17, 15) is 0 Å². The molecular formula is C16H23N3O2. The molecule has 0 fully saturated rings. The molecule has 5 nitrogen and oxygen atoms in total. The Morgan fingerprint density at radius 2 is 1.95 bits per heavy atom. The highest BCUT2D eigenvalue weighted by molar-refractivity contribution is 5.22. The zero-order valence-electron chi connectivity index (χ0n) is 13.1. The SMILES string of the molecule is COC(c1ccccc1)c1noc(CCNC(C)(C)C)n1. The fourth-order valence-electron chi connectivity index (χ4n) is 2.04. The molecule has 5 heteroatoms. The lowest BCUT2D eigenvalue weighted by Gasteiger charge is -2.19. The van der Waals surface area contributed by atoms with Gasteiger partial charge in [-0.2, -0.15) is 4.98 Å². The van der Waals surface area contributed by atoms with Crippen molar-refractivity contribution in [3.63, 3.8) is 0 Å². The Morgan fingerprint density at radius 1 is 1.24 bits per heavy atom. The summed E-state index contributed by atoms with van der Waals surface area (Å²) >= 11 is 0. The molecule has 0 spiro atoms. The monoisotopic (exact) mass is 289 g/mol. The lowest BCUT2D eigenvalue weighted by molar-refractivity contribution is 0.126. The number of nitrogens with zero attached hydrogens (tertiary/aromatic N) is 2. The minimum Gasteiger partial charge on any atom is -0.369 e. The van der Waals surface area contributed by atoms with Gasteiger partial charge in [-0.15, -0.1) is 0 Å². The van der Waals surface area contributed by atoms with Crippen molar-refractivity contribution in [1.29, 1.82) is 0 Å². The van der Waals surface area contributed by atoms with E-state index in [1.54, 1.807) is 7.11 Å². The predicted octanol–water partition coefficient (Wildman–Crippen LogP) is 2.74. The highest BCUT2D eigenvalue weighted by Gasteiger charge is 2.19. The second-order valence-corrected chi connectivity index (χ2v) is 6.00. The minimum atomic E-state index is -0.292. The van der Waals surface area contributed by atoms with Crippen LogP contribution in [0.1, 0.15) is 44.2 Å². The molecular weight excluding hydrogens is 266 g/mol. The topological polar surface area (TPSA) is 60.2 Å². The van der Waals surface area contributed by atoms with Crippen LogP contribution in [0.4, 0.5) is 0 Å². The van der Waals surface area contributed by atoms with E-state index in [4.69, 9.17) is 9.26 Å². The van der Waals surface area contributed by atoms with Gasteiger partial charge in [0.1, 0.15) is 6.10 Å². The third-order valence-corrected chi connectivity index (χ3v) is 3.05. The van der Waals surface area contributed by atoms with Gasteiger partial charge < -0.3 is 14.6 Å². The van der Waals surface area contributed by atoms with Crippen LogP contribution in [-0.4, -0.2) is 29.3 Å². The standard InChI is InChI=1S/C16H23N3O2/c1-16(2,3)17-11-10-13-18-15(19-21-13)14(20-4)12-8-6-5-7-9-12/h5-9,14,17H,10-11H2,1-4H3. The number of methoxy groups -OCH3 is 1. The van der Waals surface area contributed by atoms with Crippen LogP contribution in [0.2, 0.25) is 0 Å². The molecule has 21 heavy (non-hydrogen) atoms. The zero-order chi connectivity index (χ0) is 15.3. The zero-order valence-corrected chi connectivity index (χ0v) is 13.1. The van der Waals surface area contributed by atoms with Gasteiger partial charge in [-0.1, -0.05) is 35.5 Å². The summed E-state index contributed by atoms with van der Waals surface area (Å²) in [5, 5.41) is 7.44. The molecule has 0 amide bonds. The summed E-state index contributed by atoms with van der Waals surface area (Å²) < 4.78 is 10.8.